The molecule has 1 heterocycles. The summed E-state index contributed by atoms with van der Waals surface area (Å²) in [5.74, 6) is -0.165. The van der Waals surface area contributed by atoms with Crippen LogP contribution < -0.4 is 5.32 Å². The highest BCUT2D eigenvalue weighted by molar-refractivity contribution is 9.10. The van der Waals surface area contributed by atoms with E-state index in [1.165, 1.54) is 0 Å². The second kappa shape index (κ2) is 9.00. The third-order valence-electron chi connectivity index (χ3n) is 5.83. The van der Waals surface area contributed by atoms with Crippen molar-refractivity contribution in [1.82, 2.24) is 10.2 Å². The van der Waals surface area contributed by atoms with E-state index in [0.717, 1.165) is 33.7 Å². The Morgan fingerprint density at radius 1 is 1.03 bits per heavy atom. The molecule has 0 radical (unpaired) electrons. The summed E-state index contributed by atoms with van der Waals surface area (Å²) < 4.78 is 1.01. The van der Waals surface area contributed by atoms with Crippen molar-refractivity contribution in [2.24, 2.45) is 5.92 Å². The van der Waals surface area contributed by atoms with E-state index in [1.54, 1.807) is 0 Å². The molecule has 2 unspecified atom stereocenters. The molecule has 0 aromatic heterocycles. The first-order valence-corrected chi connectivity index (χ1v) is 11.1. The average molecular weight is 465 g/mol. The standard InChI is InChI=1S/C25H25BrN2O2/c1-17(18-11-13-21(26)14-12-18)27-24(29)20-8-5-15-28(16-20)25(30)23-10-4-7-19-6-2-3-9-22(19)23/h2-4,6-7,9-14,17,20H,5,8,15-16H2,1H3,(H,27,29). The predicted octanol–water partition coefficient (Wildman–Crippen LogP) is 5.33. The Morgan fingerprint density at radius 2 is 1.77 bits per heavy atom. The van der Waals surface area contributed by atoms with Crippen molar-refractivity contribution in [3.05, 3.63) is 82.3 Å². The van der Waals surface area contributed by atoms with Gasteiger partial charge in [0.05, 0.1) is 12.0 Å². The zero-order valence-electron chi connectivity index (χ0n) is 17.0. The largest absolute Gasteiger partial charge is 0.349 e. The Bertz CT molecular complexity index is 1060. The van der Waals surface area contributed by atoms with Gasteiger partial charge in [0.2, 0.25) is 5.91 Å². The number of piperidine rings is 1. The van der Waals surface area contributed by atoms with Gasteiger partial charge in [0.25, 0.3) is 5.91 Å². The van der Waals surface area contributed by atoms with Crippen molar-refractivity contribution in [3.8, 4) is 0 Å². The van der Waals surface area contributed by atoms with Crippen LogP contribution in [0.4, 0.5) is 0 Å². The zero-order valence-corrected chi connectivity index (χ0v) is 18.6. The van der Waals surface area contributed by atoms with Crippen molar-refractivity contribution in [2.45, 2.75) is 25.8 Å². The minimum absolute atomic E-state index is 0.00487. The third kappa shape index (κ3) is 4.41. The number of hydrogen-bond donors (Lipinski definition) is 1. The van der Waals surface area contributed by atoms with E-state index >= 15 is 0 Å². The predicted molar refractivity (Wildman–Crippen MR) is 123 cm³/mol. The molecular weight excluding hydrogens is 440 g/mol. The fourth-order valence-corrected chi connectivity index (χ4v) is 4.39. The molecule has 1 N–H and O–H groups in total. The van der Waals surface area contributed by atoms with Gasteiger partial charge in [0.1, 0.15) is 0 Å². The fourth-order valence-electron chi connectivity index (χ4n) is 4.12. The lowest BCUT2D eigenvalue weighted by Crippen LogP contribution is -2.45. The molecule has 0 aliphatic carbocycles. The van der Waals surface area contributed by atoms with Crippen molar-refractivity contribution >= 4 is 38.5 Å². The second-order valence-corrected chi connectivity index (χ2v) is 8.81. The number of nitrogens with one attached hydrogen (secondary N) is 1. The molecule has 1 aliphatic rings. The Kier molecular flexibility index (Phi) is 6.18. The summed E-state index contributed by atoms with van der Waals surface area (Å²) in [6.07, 6.45) is 1.64. The van der Waals surface area contributed by atoms with Gasteiger partial charge in [-0.25, -0.2) is 0 Å². The van der Waals surface area contributed by atoms with Gasteiger partial charge in [-0.15, -0.1) is 0 Å². The SMILES string of the molecule is CC(NC(=O)C1CCCN(C(=O)c2cccc3ccccc23)C1)c1ccc(Br)cc1. The monoisotopic (exact) mass is 464 g/mol. The lowest BCUT2D eigenvalue weighted by molar-refractivity contribution is -0.127. The Hall–Kier alpha value is -2.66. The van der Waals surface area contributed by atoms with Gasteiger partial charge < -0.3 is 10.2 Å². The van der Waals surface area contributed by atoms with Crippen LogP contribution >= 0.6 is 15.9 Å². The van der Waals surface area contributed by atoms with Gasteiger partial charge in [-0.3, -0.25) is 9.59 Å². The average Bonchev–Trinajstić information content (AvgIpc) is 2.78. The van der Waals surface area contributed by atoms with Gasteiger partial charge in [-0.2, -0.15) is 0 Å². The van der Waals surface area contributed by atoms with Crippen LogP contribution in [0.25, 0.3) is 10.8 Å². The lowest BCUT2D eigenvalue weighted by Gasteiger charge is -2.33. The maximum absolute atomic E-state index is 13.2. The number of fused-ring (bicyclic) bond motifs is 1. The molecule has 3 aromatic carbocycles. The molecule has 0 spiro atoms. The van der Waals surface area contributed by atoms with Crippen LogP contribution in [0.5, 0.6) is 0 Å². The number of carbonyl (C=O) groups is 2. The molecule has 0 saturated carbocycles. The zero-order chi connectivity index (χ0) is 21.1. The Balaban J connectivity index is 1.45. The highest BCUT2D eigenvalue weighted by Crippen LogP contribution is 2.24. The number of rotatable bonds is 4. The Morgan fingerprint density at radius 3 is 2.57 bits per heavy atom. The van der Waals surface area contributed by atoms with Gasteiger partial charge in [0.15, 0.2) is 0 Å². The van der Waals surface area contributed by atoms with Crippen LogP contribution in [0.15, 0.2) is 71.2 Å². The number of hydrogen-bond acceptors (Lipinski definition) is 2. The van der Waals surface area contributed by atoms with E-state index in [2.05, 4.69) is 21.2 Å². The summed E-state index contributed by atoms with van der Waals surface area (Å²) in [5.41, 5.74) is 1.77. The topological polar surface area (TPSA) is 49.4 Å². The summed E-state index contributed by atoms with van der Waals surface area (Å²) >= 11 is 3.44. The molecule has 5 heteroatoms. The molecule has 1 aliphatic heterocycles. The molecule has 4 rings (SSSR count). The van der Waals surface area contributed by atoms with Crippen molar-refractivity contribution in [1.29, 1.82) is 0 Å². The second-order valence-electron chi connectivity index (χ2n) is 7.90. The third-order valence-corrected chi connectivity index (χ3v) is 6.36. The molecule has 2 atom stereocenters. The highest BCUT2D eigenvalue weighted by Gasteiger charge is 2.30. The number of carbonyl (C=O) groups excluding carboxylic acids is 2. The van der Waals surface area contributed by atoms with E-state index in [0.29, 0.717) is 18.7 Å². The lowest BCUT2D eigenvalue weighted by atomic mass is 9.95. The molecule has 154 valence electrons. The molecule has 1 fully saturated rings. The first kappa shape index (κ1) is 20.6. The summed E-state index contributed by atoms with van der Waals surface area (Å²) in [7, 11) is 0. The highest BCUT2D eigenvalue weighted by atomic mass is 79.9. The minimum atomic E-state index is -0.185. The van der Waals surface area contributed by atoms with Crippen LogP contribution in [-0.2, 0) is 4.79 Å². The quantitative estimate of drug-likeness (QED) is 0.566. The fraction of sp³-hybridized carbons (Fsp3) is 0.280. The summed E-state index contributed by atoms with van der Waals surface area (Å²) in [4.78, 5) is 28.0. The van der Waals surface area contributed by atoms with E-state index < -0.39 is 0 Å². The van der Waals surface area contributed by atoms with Gasteiger partial charge >= 0.3 is 0 Å². The number of halogens is 1. The maximum Gasteiger partial charge on any atom is 0.254 e. The van der Waals surface area contributed by atoms with Crippen molar-refractivity contribution < 1.29 is 9.59 Å². The van der Waals surface area contributed by atoms with Gasteiger partial charge in [-0.05, 0) is 54.3 Å². The number of nitrogens with zero attached hydrogens (tertiary/aromatic N) is 1. The number of benzene rings is 3. The number of likely N-dealkylation sites (tertiary alicyclic amines) is 1. The normalized spacial score (nSPS) is 17.5. The van der Waals surface area contributed by atoms with E-state index in [4.69, 9.17) is 0 Å². The molecule has 3 aromatic rings. The molecule has 4 nitrogen and oxygen atoms in total. The van der Waals surface area contributed by atoms with Gasteiger partial charge in [-0.1, -0.05) is 64.5 Å². The smallest absolute Gasteiger partial charge is 0.254 e. The molecule has 30 heavy (non-hydrogen) atoms. The van der Waals surface area contributed by atoms with Crippen LogP contribution in [0.3, 0.4) is 0 Å². The summed E-state index contributed by atoms with van der Waals surface area (Å²) in [6.45, 7) is 3.14. The first-order valence-electron chi connectivity index (χ1n) is 10.4. The van der Waals surface area contributed by atoms with Crippen LogP contribution in [-0.4, -0.2) is 29.8 Å². The van der Waals surface area contributed by atoms with Crippen LogP contribution in [0.1, 0.15) is 41.7 Å². The molecule has 0 bridgehead atoms. The number of amides is 2. The van der Waals surface area contributed by atoms with E-state index in [9.17, 15) is 9.59 Å². The van der Waals surface area contributed by atoms with Gasteiger partial charge in [0, 0.05) is 23.1 Å². The molecule has 2 amide bonds. The Labute approximate surface area is 185 Å². The van der Waals surface area contributed by atoms with Crippen LogP contribution in [0.2, 0.25) is 0 Å². The van der Waals surface area contributed by atoms with Crippen molar-refractivity contribution in [2.75, 3.05) is 13.1 Å². The first-order chi connectivity index (χ1) is 14.5. The van der Waals surface area contributed by atoms with E-state index in [-0.39, 0.29) is 23.8 Å². The van der Waals surface area contributed by atoms with Crippen molar-refractivity contribution in [3.63, 3.8) is 0 Å². The van der Waals surface area contributed by atoms with E-state index in [1.807, 2.05) is 78.6 Å². The summed E-state index contributed by atoms with van der Waals surface area (Å²) in [5, 5.41) is 5.13. The minimum Gasteiger partial charge on any atom is -0.349 e. The maximum atomic E-state index is 13.2. The van der Waals surface area contributed by atoms with Crippen LogP contribution in [0, 0.1) is 5.92 Å². The molecule has 1 saturated heterocycles. The summed E-state index contributed by atoms with van der Waals surface area (Å²) in [6, 6.07) is 21.6. The molecular formula is C25H25BrN2O2.